The van der Waals surface area contributed by atoms with Gasteiger partial charge in [-0.1, -0.05) is 12.1 Å². The van der Waals surface area contributed by atoms with Gasteiger partial charge in [0.25, 0.3) is 0 Å². The third kappa shape index (κ3) is 4.50. The molecule has 1 N–H and O–H groups in total. The molecule has 0 saturated carbocycles. The van der Waals surface area contributed by atoms with Crippen LogP contribution in [0.3, 0.4) is 0 Å². The summed E-state index contributed by atoms with van der Waals surface area (Å²) in [7, 11) is -2.96. The van der Waals surface area contributed by atoms with Crippen LogP contribution in [0.4, 0.5) is 0 Å². The van der Waals surface area contributed by atoms with Gasteiger partial charge in [-0.25, -0.2) is 13.4 Å². The number of piperidine rings is 1. The van der Waals surface area contributed by atoms with Crippen molar-refractivity contribution in [3.8, 4) is 0 Å². The molecule has 0 radical (unpaired) electrons. The molecule has 2 aliphatic rings. The normalized spacial score (nSPS) is 23.6. The van der Waals surface area contributed by atoms with Crippen LogP contribution >= 0.6 is 0 Å². The monoisotopic (exact) mass is 390 g/mol. The van der Waals surface area contributed by atoms with Crippen molar-refractivity contribution < 1.29 is 13.2 Å². The first-order valence-electron chi connectivity index (χ1n) is 9.60. The third-order valence-corrected chi connectivity index (χ3v) is 7.42. The van der Waals surface area contributed by atoms with Crippen molar-refractivity contribution in [3.05, 3.63) is 30.6 Å². The Kier molecular flexibility index (Phi) is 5.19. The van der Waals surface area contributed by atoms with Crippen LogP contribution in [-0.4, -0.2) is 66.0 Å². The molecule has 2 aromatic rings. The predicted molar refractivity (Wildman–Crippen MR) is 104 cm³/mol. The van der Waals surface area contributed by atoms with Crippen molar-refractivity contribution in [1.29, 1.82) is 0 Å². The van der Waals surface area contributed by atoms with Gasteiger partial charge in [0, 0.05) is 12.6 Å². The van der Waals surface area contributed by atoms with Crippen LogP contribution in [0.15, 0.2) is 30.6 Å². The number of likely N-dealkylation sites (tertiary alicyclic amines) is 1. The van der Waals surface area contributed by atoms with Crippen LogP contribution in [0, 0.1) is 5.92 Å². The highest BCUT2D eigenvalue weighted by Crippen LogP contribution is 2.21. The SMILES string of the molecule is O=C(CN1CCC(Cn2cnc3ccccc32)CC1)NC1CCS(=O)(=O)C1. The number of rotatable bonds is 5. The molecule has 27 heavy (non-hydrogen) atoms. The van der Waals surface area contributed by atoms with Crippen LogP contribution in [0.5, 0.6) is 0 Å². The van der Waals surface area contributed by atoms with Crippen molar-refractivity contribution in [2.45, 2.75) is 31.8 Å². The fraction of sp³-hybridized carbons (Fsp3) is 0.579. The average Bonchev–Trinajstić information content (AvgIpc) is 3.19. The Hall–Kier alpha value is -1.93. The lowest BCUT2D eigenvalue weighted by atomic mass is 9.96. The molecule has 1 amide bonds. The summed E-state index contributed by atoms with van der Waals surface area (Å²) in [6, 6.07) is 7.96. The average molecular weight is 391 g/mol. The largest absolute Gasteiger partial charge is 0.351 e. The van der Waals surface area contributed by atoms with Crippen molar-refractivity contribution >= 4 is 26.8 Å². The second kappa shape index (κ2) is 7.59. The van der Waals surface area contributed by atoms with E-state index in [-0.39, 0.29) is 23.5 Å². The lowest BCUT2D eigenvalue weighted by molar-refractivity contribution is -0.123. The standard InChI is InChI=1S/C19H26N4O3S/c24-19(21-16-7-10-27(25,26)13-16)12-22-8-5-15(6-9-22)11-23-14-20-17-3-1-2-4-18(17)23/h1-4,14-16H,5-13H2,(H,21,24). The Morgan fingerprint density at radius 3 is 2.70 bits per heavy atom. The molecular formula is C19H26N4O3S. The van der Waals surface area contributed by atoms with Crippen molar-refractivity contribution in [3.63, 3.8) is 0 Å². The zero-order valence-corrected chi connectivity index (χ0v) is 16.2. The molecule has 2 fully saturated rings. The first-order chi connectivity index (χ1) is 13.0. The first kappa shape index (κ1) is 18.4. The van der Waals surface area contributed by atoms with E-state index < -0.39 is 9.84 Å². The number of para-hydroxylation sites is 2. The summed E-state index contributed by atoms with van der Waals surface area (Å²) in [6.07, 6.45) is 4.56. The molecule has 4 rings (SSSR count). The molecule has 2 aliphatic heterocycles. The summed E-state index contributed by atoms with van der Waals surface area (Å²) in [4.78, 5) is 18.8. The van der Waals surface area contributed by atoms with Gasteiger partial charge in [-0.15, -0.1) is 0 Å². The van der Waals surface area contributed by atoms with Crippen LogP contribution in [0.25, 0.3) is 11.0 Å². The number of aromatic nitrogens is 2. The Labute approximate surface area is 159 Å². The van der Waals surface area contributed by atoms with Crippen molar-refractivity contribution in [1.82, 2.24) is 19.8 Å². The van der Waals surface area contributed by atoms with E-state index in [2.05, 4.69) is 25.8 Å². The summed E-state index contributed by atoms with van der Waals surface area (Å²) >= 11 is 0. The van der Waals surface area contributed by atoms with Crippen molar-refractivity contribution in [2.24, 2.45) is 5.92 Å². The van der Waals surface area contributed by atoms with E-state index in [4.69, 9.17) is 0 Å². The number of hydrogen-bond acceptors (Lipinski definition) is 5. The maximum absolute atomic E-state index is 12.2. The molecule has 1 unspecified atom stereocenters. The Morgan fingerprint density at radius 1 is 1.19 bits per heavy atom. The number of benzene rings is 1. The number of imidazole rings is 1. The lowest BCUT2D eigenvalue weighted by Crippen LogP contribution is -2.45. The van der Waals surface area contributed by atoms with E-state index in [1.165, 1.54) is 5.52 Å². The summed E-state index contributed by atoms with van der Waals surface area (Å²) in [5, 5.41) is 2.88. The second-order valence-electron chi connectivity index (χ2n) is 7.77. The molecule has 7 nitrogen and oxygen atoms in total. The minimum absolute atomic E-state index is 0.0591. The lowest BCUT2D eigenvalue weighted by Gasteiger charge is -2.31. The number of sulfone groups is 1. The highest BCUT2D eigenvalue weighted by Gasteiger charge is 2.29. The summed E-state index contributed by atoms with van der Waals surface area (Å²) in [5.41, 5.74) is 2.20. The zero-order valence-electron chi connectivity index (χ0n) is 15.4. The minimum Gasteiger partial charge on any atom is -0.351 e. The summed E-state index contributed by atoms with van der Waals surface area (Å²) in [6.45, 7) is 3.11. The molecule has 1 aromatic carbocycles. The molecule has 0 spiro atoms. The number of nitrogens with one attached hydrogen (secondary N) is 1. The predicted octanol–water partition coefficient (Wildman–Crippen LogP) is 1.05. The molecule has 1 atom stereocenters. The van der Waals surface area contributed by atoms with Gasteiger partial charge in [0.05, 0.1) is 35.4 Å². The number of carbonyl (C=O) groups excluding carboxylic acids is 1. The van der Waals surface area contributed by atoms with E-state index in [0.29, 0.717) is 18.9 Å². The van der Waals surface area contributed by atoms with Gasteiger partial charge < -0.3 is 9.88 Å². The quantitative estimate of drug-likeness (QED) is 0.825. The van der Waals surface area contributed by atoms with E-state index in [0.717, 1.165) is 38.0 Å². The highest BCUT2D eigenvalue weighted by molar-refractivity contribution is 7.91. The maximum atomic E-state index is 12.2. The van der Waals surface area contributed by atoms with Crippen LogP contribution < -0.4 is 5.32 Å². The molecule has 3 heterocycles. The fourth-order valence-corrected chi connectivity index (χ4v) is 5.82. The smallest absolute Gasteiger partial charge is 0.234 e. The Morgan fingerprint density at radius 2 is 1.96 bits per heavy atom. The van der Waals surface area contributed by atoms with Crippen LogP contribution in [0.2, 0.25) is 0 Å². The van der Waals surface area contributed by atoms with Gasteiger partial charge in [-0.3, -0.25) is 9.69 Å². The third-order valence-electron chi connectivity index (χ3n) is 5.65. The van der Waals surface area contributed by atoms with Crippen molar-refractivity contribution in [2.75, 3.05) is 31.1 Å². The van der Waals surface area contributed by atoms with E-state index in [9.17, 15) is 13.2 Å². The molecule has 1 aromatic heterocycles. The molecule has 0 aliphatic carbocycles. The second-order valence-corrected chi connectivity index (χ2v) is 10.0. The number of amides is 1. The number of nitrogens with zero attached hydrogens (tertiary/aromatic N) is 3. The van der Waals surface area contributed by atoms with E-state index in [1.807, 2.05) is 24.5 Å². The topological polar surface area (TPSA) is 84.3 Å². The number of fused-ring (bicyclic) bond motifs is 1. The molecule has 146 valence electrons. The van der Waals surface area contributed by atoms with Gasteiger partial charge in [-0.05, 0) is 50.4 Å². The molecule has 0 bridgehead atoms. The Bertz CT molecular complexity index is 916. The van der Waals surface area contributed by atoms with Gasteiger partial charge >= 0.3 is 0 Å². The number of carbonyl (C=O) groups is 1. The van der Waals surface area contributed by atoms with Gasteiger partial charge in [-0.2, -0.15) is 0 Å². The molecule has 2 saturated heterocycles. The Balaban J connectivity index is 1.24. The number of hydrogen-bond donors (Lipinski definition) is 1. The summed E-state index contributed by atoms with van der Waals surface area (Å²) < 4.78 is 25.2. The molecule has 8 heteroatoms. The van der Waals surface area contributed by atoms with E-state index >= 15 is 0 Å². The minimum atomic E-state index is -2.96. The summed E-state index contributed by atoms with van der Waals surface area (Å²) in [5.74, 6) is 0.796. The van der Waals surface area contributed by atoms with Crippen LogP contribution in [-0.2, 0) is 21.2 Å². The fourth-order valence-electron chi connectivity index (χ4n) is 4.15. The van der Waals surface area contributed by atoms with Gasteiger partial charge in [0.15, 0.2) is 9.84 Å². The molecular weight excluding hydrogens is 364 g/mol. The zero-order chi connectivity index (χ0) is 18.9. The first-order valence-corrected chi connectivity index (χ1v) is 11.4. The van der Waals surface area contributed by atoms with Gasteiger partial charge in [0.1, 0.15) is 0 Å². The maximum Gasteiger partial charge on any atom is 0.234 e. The van der Waals surface area contributed by atoms with Gasteiger partial charge in [0.2, 0.25) is 5.91 Å². The highest BCUT2D eigenvalue weighted by atomic mass is 32.2. The van der Waals surface area contributed by atoms with Crippen LogP contribution in [0.1, 0.15) is 19.3 Å². The van der Waals surface area contributed by atoms with E-state index in [1.54, 1.807) is 0 Å².